The first-order valence-electron chi connectivity index (χ1n) is 6.98. The van der Waals surface area contributed by atoms with Crippen LogP contribution in [0.4, 0.5) is 4.39 Å². The second-order valence-corrected chi connectivity index (χ2v) is 4.92. The van der Waals surface area contributed by atoms with E-state index in [0.717, 1.165) is 26.0 Å². The molecule has 1 aliphatic rings. The summed E-state index contributed by atoms with van der Waals surface area (Å²) < 4.78 is 25.1. The summed E-state index contributed by atoms with van der Waals surface area (Å²) in [7, 11) is 0. The fourth-order valence-corrected chi connectivity index (χ4v) is 2.35. The molecule has 19 heavy (non-hydrogen) atoms. The van der Waals surface area contributed by atoms with E-state index in [1.54, 1.807) is 6.07 Å². The Bertz CT molecular complexity index is 405. The largest absolute Gasteiger partial charge is 0.488 e. The van der Waals surface area contributed by atoms with E-state index in [1.807, 2.05) is 19.9 Å². The third-order valence-electron chi connectivity index (χ3n) is 3.37. The maximum absolute atomic E-state index is 14.0. The van der Waals surface area contributed by atoms with Gasteiger partial charge in [-0.2, -0.15) is 0 Å². The second kappa shape index (κ2) is 6.87. The molecule has 0 saturated carbocycles. The van der Waals surface area contributed by atoms with E-state index in [2.05, 4.69) is 5.32 Å². The molecule has 0 amide bonds. The summed E-state index contributed by atoms with van der Waals surface area (Å²) in [6.45, 7) is 6.18. The molecule has 106 valence electrons. The van der Waals surface area contributed by atoms with E-state index < -0.39 is 0 Å². The smallest absolute Gasteiger partial charge is 0.131 e. The van der Waals surface area contributed by atoms with E-state index in [1.165, 1.54) is 6.07 Å². The normalized spacial score (nSPS) is 21.1. The Kier molecular flexibility index (Phi) is 5.16. The van der Waals surface area contributed by atoms with Gasteiger partial charge in [0.1, 0.15) is 17.7 Å². The number of halogens is 1. The van der Waals surface area contributed by atoms with Crippen molar-refractivity contribution >= 4 is 0 Å². The van der Waals surface area contributed by atoms with Crippen LogP contribution >= 0.6 is 0 Å². The van der Waals surface area contributed by atoms with Crippen molar-refractivity contribution in [2.75, 3.05) is 19.8 Å². The van der Waals surface area contributed by atoms with E-state index in [0.29, 0.717) is 17.9 Å². The van der Waals surface area contributed by atoms with Crippen molar-refractivity contribution in [3.8, 4) is 5.75 Å². The minimum atomic E-state index is -0.220. The summed E-state index contributed by atoms with van der Waals surface area (Å²) in [5.41, 5.74) is 0.675. The first-order valence-corrected chi connectivity index (χ1v) is 6.98. The molecule has 0 radical (unpaired) electrons. The van der Waals surface area contributed by atoms with Crippen LogP contribution in [0.2, 0.25) is 0 Å². The van der Waals surface area contributed by atoms with E-state index in [9.17, 15) is 4.39 Å². The summed E-state index contributed by atoms with van der Waals surface area (Å²) in [5.74, 6) is 0.364. The molecule has 2 rings (SSSR count). The van der Waals surface area contributed by atoms with Crippen molar-refractivity contribution in [2.24, 2.45) is 0 Å². The molecule has 0 aliphatic carbocycles. The van der Waals surface area contributed by atoms with Crippen LogP contribution in [-0.2, 0) is 4.74 Å². The molecular weight excluding hydrogens is 245 g/mol. The van der Waals surface area contributed by atoms with E-state index in [-0.39, 0.29) is 18.0 Å². The van der Waals surface area contributed by atoms with Gasteiger partial charge < -0.3 is 14.8 Å². The minimum absolute atomic E-state index is 0.0112. The second-order valence-electron chi connectivity index (χ2n) is 4.92. The molecule has 1 aliphatic heterocycles. The summed E-state index contributed by atoms with van der Waals surface area (Å²) in [4.78, 5) is 0. The third kappa shape index (κ3) is 3.91. The van der Waals surface area contributed by atoms with Gasteiger partial charge >= 0.3 is 0 Å². The van der Waals surface area contributed by atoms with Crippen LogP contribution in [0.1, 0.15) is 38.3 Å². The molecular formula is C15H22FNO2. The molecule has 2 atom stereocenters. The summed E-state index contributed by atoms with van der Waals surface area (Å²) >= 11 is 0. The fraction of sp³-hybridized carbons (Fsp3) is 0.600. The van der Waals surface area contributed by atoms with Crippen LogP contribution in [0.15, 0.2) is 18.2 Å². The van der Waals surface area contributed by atoms with Crippen molar-refractivity contribution in [3.05, 3.63) is 29.6 Å². The molecule has 1 N–H and O–H groups in total. The Morgan fingerprint density at radius 1 is 1.53 bits per heavy atom. The molecule has 3 nitrogen and oxygen atoms in total. The van der Waals surface area contributed by atoms with Gasteiger partial charge in [-0.05, 0) is 32.4 Å². The average molecular weight is 267 g/mol. The Balaban J connectivity index is 2.01. The predicted molar refractivity (Wildman–Crippen MR) is 73.0 cm³/mol. The zero-order valence-electron chi connectivity index (χ0n) is 11.6. The number of rotatable bonds is 5. The Morgan fingerprint density at radius 2 is 2.37 bits per heavy atom. The van der Waals surface area contributed by atoms with E-state index >= 15 is 0 Å². The molecule has 2 unspecified atom stereocenters. The lowest BCUT2D eigenvalue weighted by molar-refractivity contribution is 0.00730. The van der Waals surface area contributed by atoms with Gasteiger partial charge in [0, 0.05) is 24.3 Å². The van der Waals surface area contributed by atoms with Gasteiger partial charge in [-0.15, -0.1) is 0 Å². The quantitative estimate of drug-likeness (QED) is 0.889. The number of nitrogens with one attached hydrogen (secondary N) is 1. The molecule has 1 heterocycles. The molecule has 0 aromatic heterocycles. The lowest BCUT2D eigenvalue weighted by Gasteiger charge is -2.23. The molecule has 0 spiro atoms. The fourth-order valence-electron chi connectivity index (χ4n) is 2.35. The zero-order chi connectivity index (χ0) is 13.7. The molecule has 4 heteroatoms. The van der Waals surface area contributed by atoms with Crippen LogP contribution in [0.3, 0.4) is 0 Å². The van der Waals surface area contributed by atoms with Crippen LogP contribution in [-0.4, -0.2) is 25.9 Å². The van der Waals surface area contributed by atoms with Crippen molar-refractivity contribution in [1.82, 2.24) is 5.32 Å². The summed E-state index contributed by atoms with van der Waals surface area (Å²) in [6, 6.07) is 5.11. The highest BCUT2D eigenvalue weighted by Gasteiger charge is 2.17. The highest BCUT2D eigenvalue weighted by Crippen LogP contribution is 2.23. The Morgan fingerprint density at radius 3 is 3.00 bits per heavy atom. The number of benzene rings is 1. The lowest BCUT2D eigenvalue weighted by atomic mass is 10.1. The maximum atomic E-state index is 14.0. The third-order valence-corrected chi connectivity index (χ3v) is 3.37. The van der Waals surface area contributed by atoms with Crippen molar-refractivity contribution < 1.29 is 13.9 Å². The van der Waals surface area contributed by atoms with Crippen LogP contribution in [0, 0.1) is 5.82 Å². The van der Waals surface area contributed by atoms with Gasteiger partial charge in [0.05, 0.1) is 6.61 Å². The Labute approximate surface area is 114 Å². The van der Waals surface area contributed by atoms with Gasteiger partial charge in [-0.3, -0.25) is 0 Å². The summed E-state index contributed by atoms with van der Waals surface area (Å²) in [6.07, 6.45) is 2.02. The summed E-state index contributed by atoms with van der Waals surface area (Å²) in [5, 5.41) is 3.20. The number of hydrogen-bond acceptors (Lipinski definition) is 3. The topological polar surface area (TPSA) is 30.5 Å². The van der Waals surface area contributed by atoms with Crippen LogP contribution < -0.4 is 10.1 Å². The predicted octanol–water partition coefficient (Wildman–Crippen LogP) is 3.05. The first kappa shape index (κ1) is 14.3. The molecule has 1 fully saturated rings. The van der Waals surface area contributed by atoms with Gasteiger partial charge in [0.2, 0.25) is 0 Å². The molecule has 1 aromatic carbocycles. The number of ether oxygens (including phenoxy) is 2. The monoisotopic (exact) mass is 267 g/mol. The highest BCUT2D eigenvalue weighted by molar-refractivity contribution is 5.30. The van der Waals surface area contributed by atoms with Crippen LogP contribution in [0.5, 0.6) is 5.75 Å². The van der Waals surface area contributed by atoms with Crippen molar-refractivity contribution in [1.29, 1.82) is 0 Å². The molecule has 1 saturated heterocycles. The van der Waals surface area contributed by atoms with Crippen LogP contribution in [0.25, 0.3) is 0 Å². The van der Waals surface area contributed by atoms with Gasteiger partial charge in [-0.25, -0.2) is 4.39 Å². The first-order chi connectivity index (χ1) is 9.20. The Hall–Kier alpha value is -1.13. The SMILES string of the molecule is CCNC(C)c1ccc(OC2CCCOC2)cc1F. The van der Waals surface area contributed by atoms with Gasteiger partial charge in [-0.1, -0.05) is 13.0 Å². The van der Waals surface area contributed by atoms with E-state index in [4.69, 9.17) is 9.47 Å². The standard InChI is InChI=1S/C15H22FNO2/c1-3-17-11(2)14-7-6-12(9-15(14)16)19-13-5-4-8-18-10-13/h6-7,9,11,13,17H,3-5,8,10H2,1-2H3. The average Bonchev–Trinajstić information content (AvgIpc) is 2.40. The minimum Gasteiger partial charge on any atom is -0.488 e. The van der Waals surface area contributed by atoms with Gasteiger partial charge in [0.25, 0.3) is 0 Å². The maximum Gasteiger partial charge on any atom is 0.131 e. The molecule has 0 bridgehead atoms. The van der Waals surface area contributed by atoms with Crippen molar-refractivity contribution in [2.45, 2.75) is 38.8 Å². The lowest BCUT2D eigenvalue weighted by Crippen LogP contribution is -2.28. The molecule has 1 aromatic rings. The zero-order valence-corrected chi connectivity index (χ0v) is 11.6. The number of hydrogen-bond donors (Lipinski definition) is 1. The van der Waals surface area contributed by atoms with Gasteiger partial charge in [0.15, 0.2) is 0 Å². The highest BCUT2D eigenvalue weighted by atomic mass is 19.1. The van der Waals surface area contributed by atoms with Crippen molar-refractivity contribution in [3.63, 3.8) is 0 Å².